The second-order valence-corrected chi connectivity index (χ2v) is 3.80. The van der Waals surface area contributed by atoms with Gasteiger partial charge in [-0.15, -0.1) is 6.58 Å². The molecule has 14 heavy (non-hydrogen) atoms. The molecular formula is C13H17N. The summed E-state index contributed by atoms with van der Waals surface area (Å²) in [5.41, 5.74) is 4.32. The highest BCUT2D eigenvalue weighted by atomic mass is 14.9. The van der Waals surface area contributed by atoms with Crippen molar-refractivity contribution in [3.63, 3.8) is 0 Å². The highest BCUT2D eigenvalue weighted by Gasteiger charge is 2.16. The lowest BCUT2D eigenvalue weighted by molar-refractivity contribution is 0.581. The minimum atomic E-state index is 0.352. The van der Waals surface area contributed by atoms with Crippen molar-refractivity contribution in [3.8, 4) is 0 Å². The molecule has 0 aliphatic carbocycles. The van der Waals surface area contributed by atoms with E-state index in [4.69, 9.17) is 0 Å². The Balaban J connectivity index is 2.43. The van der Waals surface area contributed by atoms with Gasteiger partial charge in [0.2, 0.25) is 0 Å². The van der Waals surface area contributed by atoms with Gasteiger partial charge in [0.15, 0.2) is 0 Å². The molecule has 2 rings (SSSR count). The Hall–Kier alpha value is -1.08. The minimum Gasteiger partial charge on any atom is -0.306 e. The lowest BCUT2D eigenvalue weighted by Gasteiger charge is -2.25. The largest absolute Gasteiger partial charge is 0.306 e. The Bertz CT molecular complexity index is 341. The Morgan fingerprint density at radius 3 is 3.14 bits per heavy atom. The van der Waals surface area contributed by atoms with Crippen LogP contribution in [0, 0.1) is 0 Å². The molecule has 1 heterocycles. The van der Waals surface area contributed by atoms with Crippen LogP contribution in [0.5, 0.6) is 0 Å². The molecule has 1 aliphatic heterocycles. The first-order valence-electron chi connectivity index (χ1n) is 5.32. The van der Waals surface area contributed by atoms with Crippen molar-refractivity contribution in [1.29, 1.82) is 0 Å². The summed E-state index contributed by atoms with van der Waals surface area (Å²) in [7, 11) is 0. The van der Waals surface area contributed by atoms with E-state index in [1.54, 1.807) is 0 Å². The topological polar surface area (TPSA) is 12.0 Å². The first-order chi connectivity index (χ1) is 6.85. The molecule has 1 aromatic rings. The van der Waals surface area contributed by atoms with Gasteiger partial charge in [-0.25, -0.2) is 0 Å². The van der Waals surface area contributed by atoms with Gasteiger partial charge in [0.05, 0.1) is 6.04 Å². The quantitative estimate of drug-likeness (QED) is 0.702. The average molecular weight is 187 g/mol. The molecule has 1 heteroatoms. The molecule has 1 unspecified atom stereocenters. The molecule has 0 aromatic heterocycles. The van der Waals surface area contributed by atoms with Crippen LogP contribution in [0.4, 0.5) is 0 Å². The van der Waals surface area contributed by atoms with Gasteiger partial charge in [-0.1, -0.05) is 31.2 Å². The Kier molecular flexibility index (Phi) is 2.69. The van der Waals surface area contributed by atoms with Crippen molar-refractivity contribution in [1.82, 2.24) is 5.32 Å². The van der Waals surface area contributed by atoms with Gasteiger partial charge < -0.3 is 5.32 Å². The predicted molar refractivity (Wildman–Crippen MR) is 60.5 cm³/mol. The van der Waals surface area contributed by atoms with Gasteiger partial charge in [0.25, 0.3) is 0 Å². The van der Waals surface area contributed by atoms with Gasteiger partial charge in [-0.2, -0.15) is 0 Å². The molecule has 0 saturated heterocycles. The average Bonchev–Trinajstić information content (AvgIpc) is 2.27. The van der Waals surface area contributed by atoms with E-state index in [9.17, 15) is 0 Å². The zero-order chi connectivity index (χ0) is 9.97. The summed E-state index contributed by atoms with van der Waals surface area (Å²) >= 11 is 0. The van der Waals surface area contributed by atoms with Crippen molar-refractivity contribution in [2.75, 3.05) is 6.54 Å². The maximum atomic E-state index is 3.88. The van der Waals surface area contributed by atoms with E-state index in [1.165, 1.54) is 16.7 Å². The van der Waals surface area contributed by atoms with Crippen LogP contribution in [-0.4, -0.2) is 6.54 Å². The zero-order valence-electron chi connectivity index (χ0n) is 8.72. The lowest BCUT2D eigenvalue weighted by atomic mass is 9.92. The molecule has 1 nitrogen and oxygen atoms in total. The summed E-state index contributed by atoms with van der Waals surface area (Å²) in [4.78, 5) is 0. The van der Waals surface area contributed by atoms with E-state index in [0.717, 1.165) is 19.4 Å². The van der Waals surface area contributed by atoms with E-state index >= 15 is 0 Å². The summed E-state index contributed by atoms with van der Waals surface area (Å²) < 4.78 is 0. The molecule has 0 radical (unpaired) electrons. The highest BCUT2D eigenvalue weighted by Crippen LogP contribution is 2.24. The van der Waals surface area contributed by atoms with E-state index < -0.39 is 0 Å². The fourth-order valence-electron chi connectivity index (χ4n) is 2.06. The van der Waals surface area contributed by atoms with E-state index in [0.29, 0.717) is 6.04 Å². The Labute approximate surface area is 85.8 Å². The third-order valence-corrected chi connectivity index (χ3v) is 2.95. The first-order valence-corrected chi connectivity index (χ1v) is 5.32. The number of benzene rings is 1. The van der Waals surface area contributed by atoms with Crippen LogP contribution < -0.4 is 5.32 Å². The number of fused-ring (bicyclic) bond motifs is 1. The lowest BCUT2D eigenvalue weighted by Crippen LogP contribution is -2.28. The number of hydrogen-bond donors (Lipinski definition) is 1. The number of rotatable bonds is 2. The third kappa shape index (κ3) is 1.60. The van der Waals surface area contributed by atoms with Crippen LogP contribution in [-0.2, 0) is 12.8 Å². The maximum absolute atomic E-state index is 3.88. The monoisotopic (exact) mass is 187 g/mol. The van der Waals surface area contributed by atoms with Crippen LogP contribution in [0.15, 0.2) is 30.9 Å². The van der Waals surface area contributed by atoms with E-state index in [-0.39, 0.29) is 0 Å². The standard InChI is InChI=1S/C13H17N/c1-3-10-5-6-11-7-8-14-13(4-2)12(11)9-10/h4-6,9,13-14H,2-3,7-8H2,1H3. The van der Waals surface area contributed by atoms with Crippen LogP contribution in [0.25, 0.3) is 0 Å². The molecule has 0 bridgehead atoms. The van der Waals surface area contributed by atoms with E-state index in [1.807, 2.05) is 6.08 Å². The van der Waals surface area contributed by atoms with Crippen LogP contribution in [0.3, 0.4) is 0 Å². The molecule has 1 atom stereocenters. The van der Waals surface area contributed by atoms with Crippen molar-refractivity contribution in [3.05, 3.63) is 47.5 Å². The van der Waals surface area contributed by atoms with Crippen LogP contribution >= 0.6 is 0 Å². The van der Waals surface area contributed by atoms with Gasteiger partial charge in [-0.05, 0) is 29.5 Å². The molecule has 1 aliphatic rings. The molecule has 0 amide bonds. The summed E-state index contributed by atoms with van der Waals surface area (Å²) in [5, 5.41) is 3.46. The van der Waals surface area contributed by atoms with Gasteiger partial charge >= 0.3 is 0 Å². The van der Waals surface area contributed by atoms with Crippen molar-refractivity contribution in [2.45, 2.75) is 25.8 Å². The minimum absolute atomic E-state index is 0.352. The number of hydrogen-bond acceptors (Lipinski definition) is 1. The normalized spacial score (nSPS) is 20.2. The second-order valence-electron chi connectivity index (χ2n) is 3.80. The molecule has 1 N–H and O–H groups in total. The fourth-order valence-corrected chi connectivity index (χ4v) is 2.06. The zero-order valence-corrected chi connectivity index (χ0v) is 8.72. The molecule has 0 spiro atoms. The van der Waals surface area contributed by atoms with Crippen molar-refractivity contribution in [2.24, 2.45) is 0 Å². The van der Waals surface area contributed by atoms with Crippen molar-refractivity contribution >= 4 is 0 Å². The molecule has 0 fully saturated rings. The smallest absolute Gasteiger partial charge is 0.0506 e. The maximum Gasteiger partial charge on any atom is 0.0506 e. The van der Waals surface area contributed by atoms with E-state index in [2.05, 4.69) is 37.0 Å². The summed E-state index contributed by atoms with van der Waals surface area (Å²) in [6.07, 6.45) is 4.25. The number of nitrogens with one attached hydrogen (secondary N) is 1. The van der Waals surface area contributed by atoms with Gasteiger partial charge in [-0.3, -0.25) is 0 Å². The second kappa shape index (κ2) is 3.97. The molecule has 1 aromatic carbocycles. The highest BCUT2D eigenvalue weighted by molar-refractivity contribution is 5.38. The fraction of sp³-hybridized carbons (Fsp3) is 0.385. The molecule has 0 saturated carbocycles. The van der Waals surface area contributed by atoms with Gasteiger partial charge in [0.1, 0.15) is 0 Å². The molecule has 74 valence electrons. The van der Waals surface area contributed by atoms with Crippen LogP contribution in [0.1, 0.15) is 29.7 Å². The number of aryl methyl sites for hydroxylation is 1. The van der Waals surface area contributed by atoms with Crippen molar-refractivity contribution < 1.29 is 0 Å². The predicted octanol–water partition coefficient (Wildman–Crippen LogP) is 2.62. The van der Waals surface area contributed by atoms with Gasteiger partial charge in [0, 0.05) is 6.54 Å². The first kappa shape index (κ1) is 9.47. The molecular weight excluding hydrogens is 170 g/mol. The third-order valence-electron chi connectivity index (χ3n) is 2.95. The SMILES string of the molecule is C=CC1NCCc2ccc(CC)cc21. The summed E-state index contributed by atoms with van der Waals surface area (Å²) in [6.45, 7) is 7.14. The Morgan fingerprint density at radius 2 is 2.43 bits per heavy atom. The van der Waals surface area contributed by atoms with Crippen LogP contribution in [0.2, 0.25) is 0 Å². The summed E-state index contributed by atoms with van der Waals surface area (Å²) in [6, 6.07) is 7.18. The Morgan fingerprint density at radius 1 is 1.57 bits per heavy atom. The summed E-state index contributed by atoms with van der Waals surface area (Å²) in [5.74, 6) is 0.